The van der Waals surface area contributed by atoms with Crippen LogP contribution in [-0.2, 0) is 0 Å². The van der Waals surface area contributed by atoms with Crippen molar-refractivity contribution < 1.29 is 4.52 Å². The van der Waals surface area contributed by atoms with Crippen LogP contribution in [0.5, 0.6) is 0 Å². The lowest BCUT2D eigenvalue weighted by Gasteiger charge is -2.06. The van der Waals surface area contributed by atoms with Gasteiger partial charge in [0.25, 0.3) is 0 Å². The number of benzene rings is 1. The summed E-state index contributed by atoms with van der Waals surface area (Å²) in [6.07, 6.45) is 1.72. The maximum Gasteiger partial charge on any atom is 0.230 e. The van der Waals surface area contributed by atoms with Gasteiger partial charge in [-0.15, -0.1) is 0 Å². The predicted molar refractivity (Wildman–Crippen MR) is 84.3 cm³/mol. The molecule has 0 spiro atoms. The van der Waals surface area contributed by atoms with E-state index in [1.807, 2.05) is 25.1 Å². The number of anilines is 1. The number of nitrogen functional groups attached to an aromatic ring is 1. The third kappa shape index (κ3) is 2.48. The van der Waals surface area contributed by atoms with E-state index in [-0.39, 0.29) is 5.88 Å². The Morgan fingerprint density at radius 1 is 1.14 bits per heavy atom. The third-order valence-electron chi connectivity index (χ3n) is 3.19. The Balaban J connectivity index is 2.22. The smallest absolute Gasteiger partial charge is 0.230 e. The number of hydrogen-bond acceptors (Lipinski definition) is 4. The summed E-state index contributed by atoms with van der Waals surface area (Å²) in [5, 5.41) is 4.99. The molecule has 0 amide bonds. The molecule has 0 radical (unpaired) electrons. The zero-order valence-electron chi connectivity index (χ0n) is 11.1. The topological polar surface area (TPSA) is 64.9 Å². The lowest BCUT2D eigenvalue weighted by molar-refractivity contribution is 0.439. The van der Waals surface area contributed by atoms with Gasteiger partial charge in [-0.25, -0.2) is 0 Å². The summed E-state index contributed by atoms with van der Waals surface area (Å²) < 4.78 is 5.15. The van der Waals surface area contributed by atoms with Gasteiger partial charge in [0.05, 0.1) is 15.6 Å². The zero-order valence-corrected chi connectivity index (χ0v) is 12.6. The summed E-state index contributed by atoms with van der Waals surface area (Å²) in [5.74, 6) is 0.228. The summed E-state index contributed by atoms with van der Waals surface area (Å²) in [7, 11) is 0. The second-order valence-electron chi connectivity index (χ2n) is 4.54. The highest BCUT2D eigenvalue weighted by Gasteiger charge is 2.19. The molecule has 3 aromatic rings. The Kier molecular flexibility index (Phi) is 3.57. The monoisotopic (exact) mass is 319 g/mol. The number of nitrogens with zero attached hydrogens (tertiary/aromatic N) is 2. The SMILES string of the molecule is Cc1ncccc1-c1noc(N)c1-c1ccc(Cl)c(Cl)c1. The number of nitrogens with two attached hydrogens (primary N) is 1. The first-order valence-electron chi connectivity index (χ1n) is 6.20. The van der Waals surface area contributed by atoms with Gasteiger partial charge in [-0.1, -0.05) is 34.4 Å². The Hall–Kier alpha value is -2.04. The summed E-state index contributed by atoms with van der Waals surface area (Å²) in [6, 6.07) is 9.03. The Morgan fingerprint density at radius 2 is 1.95 bits per heavy atom. The maximum absolute atomic E-state index is 6.08. The molecule has 2 heterocycles. The Bertz CT molecular complexity index is 814. The van der Waals surface area contributed by atoms with Crippen molar-refractivity contribution in [1.82, 2.24) is 10.1 Å². The van der Waals surface area contributed by atoms with Crippen molar-refractivity contribution in [3.8, 4) is 22.4 Å². The lowest BCUT2D eigenvalue weighted by atomic mass is 10.0. The van der Waals surface area contributed by atoms with Gasteiger partial charge in [-0.2, -0.15) is 0 Å². The molecule has 0 saturated carbocycles. The molecule has 0 saturated heterocycles. The van der Waals surface area contributed by atoms with Gasteiger partial charge in [-0.05, 0) is 36.8 Å². The van der Waals surface area contributed by atoms with Gasteiger partial charge in [0.1, 0.15) is 5.69 Å². The lowest BCUT2D eigenvalue weighted by Crippen LogP contribution is -1.91. The number of rotatable bonds is 2. The third-order valence-corrected chi connectivity index (χ3v) is 3.93. The van der Waals surface area contributed by atoms with Crippen LogP contribution in [0.25, 0.3) is 22.4 Å². The van der Waals surface area contributed by atoms with Crippen molar-refractivity contribution in [3.05, 3.63) is 52.3 Å². The number of halogens is 2. The number of aryl methyl sites for hydroxylation is 1. The molecule has 3 rings (SSSR count). The molecule has 1 aromatic carbocycles. The molecular weight excluding hydrogens is 309 g/mol. The van der Waals surface area contributed by atoms with Crippen LogP contribution in [0.2, 0.25) is 10.0 Å². The first kappa shape index (κ1) is 13.9. The number of pyridine rings is 1. The second kappa shape index (κ2) is 5.39. The predicted octanol–water partition coefficient (Wildman–Crippen LogP) is 4.60. The Morgan fingerprint density at radius 3 is 2.67 bits per heavy atom. The summed E-state index contributed by atoms with van der Waals surface area (Å²) in [6.45, 7) is 1.90. The fourth-order valence-corrected chi connectivity index (χ4v) is 2.45. The van der Waals surface area contributed by atoms with Crippen molar-refractivity contribution >= 4 is 29.1 Å². The normalized spacial score (nSPS) is 10.8. The maximum atomic E-state index is 6.08. The van der Waals surface area contributed by atoms with Crippen LogP contribution in [0.4, 0.5) is 5.88 Å². The van der Waals surface area contributed by atoms with Crippen LogP contribution in [0.15, 0.2) is 41.1 Å². The van der Waals surface area contributed by atoms with Crippen molar-refractivity contribution in [3.63, 3.8) is 0 Å². The molecule has 0 bridgehead atoms. The van der Waals surface area contributed by atoms with E-state index < -0.39 is 0 Å². The minimum Gasteiger partial charge on any atom is -0.367 e. The average Bonchev–Trinajstić information content (AvgIpc) is 2.84. The first-order chi connectivity index (χ1) is 10.1. The van der Waals surface area contributed by atoms with Crippen LogP contribution in [0.1, 0.15) is 5.69 Å². The molecule has 0 fully saturated rings. The molecule has 0 unspecified atom stereocenters. The molecule has 21 heavy (non-hydrogen) atoms. The van der Waals surface area contributed by atoms with Gasteiger partial charge in [0.2, 0.25) is 5.88 Å². The molecule has 0 aliphatic carbocycles. The van der Waals surface area contributed by atoms with E-state index in [2.05, 4.69) is 10.1 Å². The number of aromatic nitrogens is 2. The van der Waals surface area contributed by atoms with Crippen molar-refractivity contribution in [2.75, 3.05) is 5.73 Å². The van der Waals surface area contributed by atoms with Crippen LogP contribution < -0.4 is 5.73 Å². The molecule has 106 valence electrons. The highest BCUT2D eigenvalue weighted by atomic mass is 35.5. The first-order valence-corrected chi connectivity index (χ1v) is 6.96. The number of hydrogen-bond donors (Lipinski definition) is 1. The molecule has 0 aliphatic rings. The van der Waals surface area contributed by atoms with Gasteiger partial charge >= 0.3 is 0 Å². The van der Waals surface area contributed by atoms with E-state index in [0.717, 1.165) is 16.8 Å². The molecule has 2 N–H and O–H groups in total. The van der Waals surface area contributed by atoms with Gasteiger partial charge in [0, 0.05) is 17.5 Å². The minimum absolute atomic E-state index is 0.228. The van der Waals surface area contributed by atoms with E-state index in [1.165, 1.54) is 0 Å². The van der Waals surface area contributed by atoms with Gasteiger partial charge in [0.15, 0.2) is 0 Å². The molecule has 0 aliphatic heterocycles. The van der Waals surface area contributed by atoms with E-state index in [0.29, 0.717) is 21.3 Å². The summed E-state index contributed by atoms with van der Waals surface area (Å²) in [4.78, 5) is 4.26. The molecule has 6 heteroatoms. The standard InChI is InChI=1S/C15H11Cl2N3O/c1-8-10(3-2-6-19-8)14-13(15(18)21-20-14)9-4-5-11(16)12(17)7-9/h2-7H,18H2,1H3. The van der Waals surface area contributed by atoms with E-state index in [9.17, 15) is 0 Å². The van der Waals surface area contributed by atoms with E-state index in [4.69, 9.17) is 33.5 Å². The van der Waals surface area contributed by atoms with E-state index >= 15 is 0 Å². The van der Waals surface area contributed by atoms with Crippen molar-refractivity contribution in [1.29, 1.82) is 0 Å². The van der Waals surface area contributed by atoms with Gasteiger partial charge in [-0.3, -0.25) is 4.98 Å². The highest BCUT2D eigenvalue weighted by molar-refractivity contribution is 6.42. The molecular formula is C15H11Cl2N3O. The largest absolute Gasteiger partial charge is 0.367 e. The second-order valence-corrected chi connectivity index (χ2v) is 5.35. The summed E-state index contributed by atoms with van der Waals surface area (Å²) >= 11 is 12.0. The minimum atomic E-state index is 0.228. The van der Waals surface area contributed by atoms with Crippen LogP contribution in [0, 0.1) is 6.92 Å². The zero-order chi connectivity index (χ0) is 15.0. The quantitative estimate of drug-likeness (QED) is 0.749. The van der Waals surface area contributed by atoms with Crippen molar-refractivity contribution in [2.45, 2.75) is 6.92 Å². The van der Waals surface area contributed by atoms with Crippen molar-refractivity contribution in [2.24, 2.45) is 0 Å². The Labute approximate surface area is 131 Å². The highest BCUT2D eigenvalue weighted by Crippen LogP contribution is 2.38. The fourth-order valence-electron chi connectivity index (χ4n) is 2.15. The molecule has 0 atom stereocenters. The fraction of sp³-hybridized carbons (Fsp3) is 0.0667. The van der Waals surface area contributed by atoms with Crippen LogP contribution >= 0.6 is 23.2 Å². The average molecular weight is 320 g/mol. The molecule has 2 aromatic heterocycles. The van der Waals surface area contributed by atoms with Crippen LogP contribution in [0.3, 0.4) is 0 Å². The van der Waals surface area contributed by atoms with Crippen LogP contribution in [-0.4, -0.2) is 10.1 Å². The molecule has 4 nitrogen and oxygen atoms in total. The van der Waals surface area contributed by atoms with Gasteiger partial charge < -0.3 is 10.3 Å². The van der Waals surface area contributed by atoms with E-state index in [1.54, 1.807) is 18.3 Å². The summed E-state index contributed by atoms with van der Waals surface area (Å²) in [5.41, 5.74) is 9.74.